The van der Waals surface area contributed by atoms with Crippen LogP contribution in [0.4, 0.5) is 0 Å². The van der Waals surface area contributed by atoms with Crippen LogP contribution in [0.2, 0.25) is 0 Å². The average Bonchev–Trinajstić information content (AvgIpc) is 3.09. The van der Waals surface area contributed by atoms with Crippen molar-refractivity contribution in [2.45, 2.75) is 12.1 Å². The highest BCUT2D eigenvalue weighted by Crippen LogP contribution is 2.41. The van der Waals surface area contributed by atoms with Crippen LogP contribution in [-0.2, 0) is 0 Å². The van der Waals surface area contributed by atoms with E-state index in [0.717, 1.165) is 27.7 Å². The summed E-state index contributed by atoms with van der Waals surface area (Å²) in [5, 5.41) is 4.27. The maximum absolute atomic E-state index is 5.61. The van der Waals surface area contributed by atoms with E-state index in [-0.39, 0.29) is 12.1 Å². The van der Waals surface area contributed by atoms with Crippen LogP contribution in [0.25, 0.3) is 0 Å². The van der Waals surface area contributed by atoms with E-state index in [2.05, 4.69) is 68.3 Å². The average molecular weight is 411 g/mol. The molecular weight excluding hydrogens is 392 g/mol. The van der Waals surface area contributed by atoms with E-state index in [4.69, 9.17) is 12.2 Å². The first-order valence-electron chi connectivity index (χ1n) is 7.44. The lowest BCUT2D eigenvalue weighted by atomic mass is 10.0. The van der Waals surface area contributed by atoms with Crippen molar-refractivity contribution >= 4 is 44.6 Å². The largest absolute Gasteiger partial charge is 0.352 e. The summed E-state index contributed by atoms with van der Waals surface area (Å²) in [4.78, 5) is 10.3. The van der Waals surface area contributed by atoms with Gasteiger partial charge in [0, 0.05) is 24.2 Å². The Hall–Kier alpha value is -1.02. The van der Waals surface area contributed by atoms with Crippen molar-refractivity contribution in [1.29, 1.82) is 0 Å². The van der Waals surface area contributed by atoms with Crippen LogP contribution >= 0.6 is 39.5 Å². The van der Waals surface area contributed by atoms with E-state index >= 15 is 0 Å². The second-order valence-corrected chi connectivity index (χ2v) is 8.65. The summed E-state index contributed by atoms with van der Waals surface area (Å²) in [7, 11) is 4.17. The Morgan fingerprint density at radius 1 is 1.35 bits per heavy atom. The molecule has 122 valence electrons. The summed E-state index contributed by atoms with van der Waals surface area (Å²) >= 11 is 10.9. The van der Waals surface area contributed by atoms with Crippen LogP contribution in [-0.4, -0.2) is 47.1 Å². The Kier molecular flexibility index (Phi) is 5.31. The standard InChI is InChI=1S/C16H19BrN4S2/c1-20(2)9-10-21-15(12-6-7-13(17)23-12)14(19-16(21)22)11-5-3-4-8-18-11/h3-8,14-15H,9-10H2,1-2H3,(H,19,22)/t14-,15-/m0/s1. The van der Waals surface area contributed by atoms with E-state index in [0.29, 0.717) is 0 Å². The van der Waals surface area contributed by atoms with Gasteiger partial charge in [0.2, 0.25) is 0 Å². The molecule has 1 aliphatic rings. The monoisotopic (exact) mass is 410 g/mol. The molecule has 0 bridgehead atoms. The van der Waals surface area contributed by atoms with E-state index in [1.54, 1.807) is 11.3 Å². The van der Waals surface area contributed by atoms with E-state index in [1.165, 1.54) is 4.88 Å². The minimum absolute atomic E-state index is 0.0800. The quantitative estimate of drug-likeness (QED) is 0.762. The number of nitrogens with one attached hydrogen (secondary N) is 1. The van der Waals surface area contributed by atoms with Crippen LogP contribution in [0.1, 0.15) is 22.7 Å². The van der Waals surface area contributed by atoms with Gasteiger partial charge in [-0.05, 0) is 66.5 Å². The van der Waals surface area contributed by atoms with Gasteiger partial charge >= 0.3 is 0 Å². The molecule has 1 aliphatic heterocycles. The molecule has 23 heavy (non-hydrogen) atoms. The Balaban J connectivity index is 1.94. The third kappa shape index (κ3) is 3.74. The highest BCUT2D eigenvalue weighted by atomic mass is 79.9. The molecular formula is C16H19BrN4S2. The molecule has 2 aromatic heterocycles. The number of thiophene rings is 1. The Morgan fingerprint density at radius 2 is 2.17 bits per heavy atom. The summed E-state index contributed by atoms with van der Waals surface area (Å²) in [6.07, 6.45) is 1.84. The topological polar surface area (TPSA) is 31.4 Å². The lowest BCUT2D eigenvalue weighted by Gasteiger charge is -2.27. The van der Waals surface area contributed by atoms with Crippen LogP contribution in [0, 0.1) is 0 Å². The van der Waals surface area contributed by atoms with Gasteiger partial charge in [0.15, 0.2) is 5.11 Å². The second-order valence-electron chi connectivity index (χ2n) is 5.77. The van der Waals surface area contributed by atoms with Crippen molar-refractivity contribution in [3.8, 4) is 0 Å². The molecule has 0 amide bonds. The first kappa shape index (κ1) is 16.8. The van der Waals surface area contributed by atoms with Crippen molar-refractivity contribution < 1.29 is 0 Å². The molecule has 2 atom stereocenters. The molecule has 1 saturated heterocycles. The highest BCUT2D eigenvalue weighted by molar-refractivity contribution is 9.11. The van der Waals surface area contributed by atoms with Gasteiger partial charge in [0.1, 0.15) is 0 Å². The van der Waals surface area contributed by atoms with Crippen molar-refractivity contribution in [2.24, 2.45) is 0 Å². The number of halogens is 1. The summed E-state index contributed by atoms with van der Waals surface area (Å²) < 4.78 is 1.14. The van der Waals surface area contributed by atoms with Crippen LogP contribution in [0.3, 0.4) is 0 Å². The van der Waals surface area contributed by atoms with Gasteiger partial charge in [0.25, 0.3) is 0 Å². The third-order valence-corrected chi connectivity index (χ3v) is 5.92. The van der Waals surface area contributed by atoms with E-state index in [1.807, 2.05) is 18.3 Å². The zero-order valence-electron chi connectivity index (χ0n) is 13.1. The number of hydrogen-bond acceptors (Lipinski definition) is 4. The molecule has 7 heteroatoms. The number of likely N-dealkylation sites (N-methyl/N-ethyl adjacent to an activating group) is 1. The maximum atomic E-state index is 5.61. The molecule has 0 unspecified atom stereocenters. The smallest absolute Gasteiger partial charge is 0.170 e. The predicted octanol–water partition coefficient (Wildman–Crippen LogP) is 3.44. The van der Waals surface area contributed by atoms with Gasteiger partial charge in [-0.3, -0.25) is 4.98 Å². The molecule has 0 aliphatic carbocycles. The first-order chi connectivity index (χ1) is 11.1. The molecule has 2 aromatic rings. The number of aromatic nitrogens is 1. The number of thiocarbonyl (C=S) groups is 1. The lowest BCUT2D eigenvalue weighted by Crippen LogP contribution is -2.35. The Labute approximate surface area is 154 Å². The summed E-state index contributed by atoms with van der Waals surface area (Å²) in [6, 6.07) is 10.6. The summed E-state index contributed by atoms with van der Waals surface area (Å²) in [5.41, 5.74) is 1.02. The molecule has 1 N–H and O–H groups in total. The number of pyridine rings is 1. The normalized spacial score (nSPS) is 21.0. The maximum Gasteiger partial charge on any atom is 0.170 e. The van der Waals surface area contributed by atoms with Crippen molar-refractivity contribution in [3.63, 3.8) is 0 Å². The highest BCUT2D eigenvalue weighted by Gasteiger charge is 2.40. The van der Waals surface area contributed by atoms with Gasteiger partial charge in [-0.1, -0.05) is 6.07 Å². The van der Waals surface area contributed by atoms with Crippen LogP contribution in [0.15, 0.2) is 40.3 Å². The van der Waals surface area contributed by atoms with E-state index < -0.39 is 0 Å². The third-order valence-electron chi connectivity index (χ3n) is 3.87. The van der Waals surface area contributed by atoms with Gasteiger partial charge in [0.05, 0.1) is 21.6 Å². The van der Waals surface area contributed by atoms with Crippen molar-refractivity contribution in [3.05, 3.63) is 50.9 Å². The fourth-order valence-corrected chi connectivity index (χ4v) is 4.66. The van der Waals surface area contributed by atoms with Gasteiger partial charge in [-0.15, -0.1) is 11.3 Å². The number of nitrogens with zero attached hydrogens (tertiary/aromatic N) is 3. The fourth-order valence-electron chi connectivity index (χ4n) is 2.75. The number of hydrogen-bond donors (Lipinski definition) is 1. The Morgan fingerprint density at radius 3 is 2.78 bits per heavy atom. The van der Waals surface area contributed by atoms with Gasteiger partial charge in [-0.25, -0.2) is 0 Å². The SMILES string of the molecule is CN(C)CCN1C(=S)N[C@@H](c2ccccn2)[C@@H]1c1ccc(Br)s1. The molecule has 0 radical (unpaired) electrons. The molecule has 3 heterocycles. The number of rotatable bonds is 5. The van der Waals surface area contributed by atoms with Gasteiger partial charge in [-0.2, -0.15) is 0 Å². The summed E-state index contributed by atoms with van der Waals surface area (Å²) in [6.45, 7) is 1.85. The van der Waals surface area contributed by atoms with E-state index in [9.17, 15) is 0 Å². The summed E-state index contributed by atoms with van der Waals surface area (Å²) in [5.74, 6) is 0. The molecule has 0 aromatic carbocycles. The first-order valence-corrected chi connectivity index (χ1v) is 9.46. The predicted molar refractivity (Wildman–Crippen MR) is 103 cm³/mol. The lowest BCUT2D eigenvalue weighted by molar-refractivity contribution is 0.280. The second kappa shape index (κ2) is 7.25. The molecule has 0 spiro atoms. The van der Waals surface area contributed by atoms with Crippen LogP contribution < -0.4 is 5.32 Å². The Bertz CT molecular complexity index is 674. The molecule has 3 rings (SSSR count). The van der Waals surface area contributed by atoms with Crippen molar-refractivity contribution in [1.82, 2.24) is 20.1 Å². The zero-order chi connectivity index (χ0) is 16.4. The van der Waals surface area contributed by atoms with Crippen molar-refractivity contribution in [2.75, 3.05) is 27.2 Å². The van der Waals surface area contributed by atoms with Crippen LogP contribution in [0.5, 0.6) is 0 Å². The zero-order valence-corrected chi connectivity index (χ0v) is 16.3. The molecule has 0 saturated carbocycles. The minimum atomic E-state index is 0.0800. The fraction of sp³-hybridized carbons (Fsp3) is 0.375. The van der Waals surface area contributed by atoms with Gasteiger partial charge < -0.3 is 15.1 Å². The molecule has 1 fully saturated rings. The molecule has 4 nitrogen and oxygen atoms in total. The minimum Gasteiger partial charge on any atom is -0.352 e.